The van der Waals surface area contributed by atoms with E-state index >= 15 is 0 Å². The van der Waals surface area contributed by atoms with Crippen LogP contribution in [-0.2, 0) is 0 Å². The molecule has 0 aromatic heterocycles. The molecule has 0 atom stereocenters. The van der Waals surface area contributed by atoms with E-state index in [1.807, 2.05) is 27.7 Å². The van der Waals surface area contributed by atoms with Crippen molar-refractivity contribution in [3.8, 4) is 5.75 Å². The lowest BCUT2D eigenvalue weighted by Crippen LogP contribution is -2.00. The smallest absolute Gasteiger partial charge is 0.125 e. The summed E-state index contributed by atoms with van der Waals surface area (Å²) in [5, 5.41) is 0. The van der Waals surface area contributed by atoms with Crippen molar-refractivity contribution in [2.45, 2.75) is 74.7 Å². The minimum Gasteiger partial charge on any atom is -0.493 e. The Hall–Kier alpha value is -0.980. The molecule has 0 bridgehead atoms. The number of hydrogen-bond donors (Lipinski definition) is 0. The Kier molecular flexibility index (Phi) is 14.4. The van der Waals surface area contributed by atoms with Crippen molar-refractivity contribution in [1.82, 2.24) is 0 Å². The fourth-order valence-corrected chi connectivity index (χ4v) is 1.92. The standard InChI is InChI=1S/C14H22O.2C2H6/c1-5-6-7-8-15-14-12(3)9-11(2)10-13(14)4;2*1-2/h9-10H,5-8H2,1-4H3;2*1-2H3. The number of ether oxygens (including phenoxy) is 1. The van der Waals surface area contributed by atoms with Crippen LogP contribution in [0.4, 0.5) is 0 Å². The largest absolute Gasteiger partial charge is 0.493 e. The van der Waals surface area contributed by atoms with E-state index < -0.39 is 0 Å². The molecule has 0 unspecified atom stereocenters. The molecule has 0 amide bonds. The normalized spacial score (nSPS) is 8.84. The summed E-state index contributed by atoms with van der Waals surface area (Å²) in [6.45, 7) is 17.4. The van der Waals surface area contributed by atoms with Crippen molar-refractivity contribution in [2.75, 3.05) is 6.61 Å². The van der Waals surface area contributed by atoms with E-state index in [1.54, 1.807) is 0 Å². The van der Waals surface area contributed by atoms with E-state index in [-0.39, 0.29) is 0 Å². The topological polar surface area (TPSA) is 9.23 Å². The highest BCUT2D eigenvalue weighted by atomic mass is 16.5. The van der Waals surface area contributed by atoms with E-state index in [0.29, 0.717) is 0 Å². The Bertz CT molecular complexity index is 292. The van der Waals surface area contributed by atoms with E-state index in [2.05, 4.69) is 39.8 Å². The summed E-state index contributed by atoms with van der Waals surface area (Å²) in [6.07, 6.45) is 3.66. The van der Waals surface area contributed by atoms with Crippen molar-refractivity contribution >= 4 is 0 Å². The lowest BCUT2D eigenvalue weighted by molar-refractivity contribution is 0.302. The van der Waals surface area contributed by atoms with Crippen molar-refractivity contribution in [3.05, 3.63) is 28.8 Å². The van der Waals surface area contributed by atoms with Crippen LogP contribution in [-0.4, -0.2) is 6.61 Å². The van der Waals surface area contributed by atoms with Crippen LogP contribution in [0.5, 0.6) is 5.75 Å². The third kappa shape index (κ3) is 8.69. The average molecular weight is 266 g/mol. The summed E-state index contributed by atoms with van der Waals surface area (Å²) < 4.78 is 5.82. The van der Waals surface area contributed by atoms with Crippen LogP contribution in [0.1, 0.15) is 70.6 Å². The summed E-state index contributed by atoms with van der Waals surface area (Å²) in [5.41, 5.74) is 3.82. The molecule has 1 rings (SSSR count). The van der Waals surface area contributed by atoms with Crippen LogP contribution in [0.2, 0.25) is 0 Å². The average Bonchev–Trinajstić information content (AvgIpc) is 2.41. The first kappa shape index (κ1) is 20.3. The molecule has 0 heterocycles. The lowest BCUT2D eigenvalue weighted by Gasteiger charge is -2.12. The first-order valence-corrected chi connectivity index (χ1v) is 7.85. The van der Waals surface area contributed by atoms with Gasteiger partial charge in [0.2, 0.25) is 0 Å². The Morgan fingerprint density at radius 1 is 0.842 bits per heavy atom. The molecule has 0 aliphatic carbocycles. The van der Waals surface area contributed by atoms with Gasteiger partial charge < -0.3 is 4.74 Å². The molecular formula is C18H34O. The fraction of sp³-hybridized carbons (Fsp3) is 0.667. The Morgan fingerprint density at radius 2 is 1.32 bits per heavy atom. The monoisotopic (exact) mass is 266 g/mol. The molecule has 1 aromatic carbocycles. The maximum Gasteiger partial charge on any atom is 0.125 e. The first-order chi connectivity index (χ1) is 9.15. The lowest BCUT2D eigenvalue weighted by atomic mass is 10.1. The van der Waals surface area contributed by atoms with E-state index in [4.69, 9.17) is 4.74 Å². The van der Waals surface area contributed by atoms with Gasteiger partial charge in [-0.2, -0.15) is 0 Å². The van der Waals surface area contributed by atoms with Gasteiger partial charge in [0, 0.05) is 0 Å². The number of hydrogen-bond acceptors (Lipinski definition) is 1. The summed E-state index contributed by atoms with van der Waals surface area (Å²) in [5.74, 6) is 1.08. The molecule has 0 saturated carbocycles. The predicted molar refractivity (Wildman–Crippen MR) is 88.4 cm³/mol. The number of benzene rings is 1. The molecule has 112 valence electrons. The van der Waals surface area contributed by atoms with Gasteiger partial charge >= 0.3 is 0 Å². The van der Waals surface area contributed by atoms with Gasteiger partial charge in [0.1, 0.15) is 5.75 Å². The molecule has 0 fully saturated rings. The second kappa shape index (κ2) is 13.5. The predicted octanol–water partition coefficient (Wildman–Crippen LogP) is 6.23. The van der Waals surface area contributed by atoms with Gasteiger partial charge in [0.05, 0.1) is 6.61 Å². The van der Waals surface area contributed by atoms with Crippen LogP contribution in [0, 0.1) is 20.8 Å². The molecule has 1 aromatic rings. The van der Waals surface area contributed by atoms with Crippen LogP contribution in [0.25, 0.3) is 0 Å². The highest BCUT2D eigenvalue weighted by Crippen LogP contribution is 2.24. The third-order valence-corrected chi connectivity index (χ3v) is 2.60. The summed E-state index contributed by atoms with van der Waals surface area (Å²) in [4.78, 5) is 0. The number of rotatable bonds is 5. The molecule has 1 heteroatoms. The molecule has 0 radical (unpaired) electrons. The van der Waals surface area contributed by atoms with Gasteiger partial charge in [0.25, 0.3) is 0 Å². The number of aryl methyl sites for hydroxylation is 3. The summed E-state index contributed by atoms with van der Waals surface area (Å²) >= 11 is 0. The van der Waals surface area contributed by atoms with E-state index in [9.17, 15) is 0 Å². The Balaban J connectivity index is 0. The summed E-state index contributed by atoms with van der Waals surface area (Å²) in [7, 11) is 0. The Labute approximate surface area is 121 Å². The van der Waals surface area contributed by atoms with Gasteiger partial charge in [-0.15, -0.1) is 0 Å². The zero-order valence-corrected chi connectivity index (χ0v) is 14.4. The van der Waals surface area contributed by atoms with Crippen molar-refractivity contribution in [1.29, 1.82) is 0 Å². The minimum absolute atomic E-state index is 0.846. The quantitative estimate of drug-likeness (QED) is 0.574. The molecule has 19 heavy (non-hydrogen) atoms. The van der Waals surface area contributed by atoms with Crippen LogP contribution < -0.4 is 4.74 Å². The number of unbranched alkanes of at least 4 members (excludes halogenated alkanes) is 2. The van der Waals surface area contributed by atoms with Crippen LogP contribution >= 0.6 is 0 Å². The van der Waals surface area contributed by atoms with E-state index in [1.165, 1.54) is 29.5 Å². The second-order valence-corrected chi connectivity index (χ2v) is 4.28. The maximum atomic E-state index is 5.82. The minimum atomic E-state index is 0.846. The van der Waals surface area contributed by atoms with Crippen LogP contribution in [0.3, 0.4) is 0 Å². The summed E-state index contributed by atoms with van der Waals surface area (Å²) in [6, 6.07) is 4.37. The van der Waals surface area contributed by atoms with Crippen molar-refractivity contribution in [3.63, 3.8) is 0 Å². The van der Waals surface area contributed by atoms with Crippen molar-refractivity contribution in [2.24, 2.45) is 0 Å². The van der Waals surface area contributed by atoms with Gasteiger partial charge in [-0.05, 0) is 38.3 Å². The molecule has 0 aliphatic heterocycles. The molecule has 1 nitrogen and oxygen atoms in total. The SMILES string of the molecule is CC.CC.CCCCCOc1c(C)cc(C)cc1C. The second-order valence-electron chi connectivity index (χ2n) is 4.28. The molecular weight excluding hydrogens is 232 g/mol. The fourth-order valence-electron chi connectivity index (χ4n) is 1.92. The highest BCUT2D eigenvalue weighted by molar-refractivity contribution is 5.42. The van der Waals surface area contributed by atoms with Gasteiger partial charge in [-0.1, -0.05) is 65.2 Å². The maximum absolute atomic E-state index is 5.82. The Morgan fingerprint density at radius 3 is 1.74 bits per heavy atom. The van der Waals surface area contributed by atoms with E-state index in [0.717, 1.165) is 18.8 Å². The molecule has 0 spiro atoms. The molecule has 0 aliphatic rings. The zero-order chi connectivity index (χ0) is 15.3. The third-order valence-electron chi connectivity index (χ3n) is 2.60. The molecule has 0 saturated heterocycles. The first-order valence-electron chi connectivity index (χ1n) is 7.85. The van der Waals surface area contributed by atoms with Crippen molar-refractivity contribution < 1.29 is 4.74 Å². The van der Waals surface area contributed by atoms with Crippen LogP contribution in [0.15, 0.2) is 12.1 Å². The van der Waals surface area contributed by atoms with Gasteiger partial charge in [0.15, 0.2) is 0 Å². The van der Waals surface area contributed by atoms with Gasteiger partial charge in [-0.3, -0.25) is 0 Å². The zero-order valence-electron chi connectivity index (χ0n) is 14.4. The highest BCUT2D eigenvalue weighted by Gasteiger charge is 2.04. The van der Waals surface area contributed by atoms with Gasteiger partial charge in [-0.25, -0.2) is 0 Å². The molecule has 0 N–H and O–H groups in total.